The van der Waals surface area contributed by atoms with Gasteiger partial charge in [0.1, 0.15) is 11.6 Å². The number of ether oxygens (including phenoxy) is 1. The van der Waals surface area contributed by atoms with Gasteiger partial charge in [0.2, 0.25) is 0 Å². The molecule has 0 bridgehead atoms. The van der Waals surface area contributed by atoms with Crippen molar-refractivity contribution in [2.45, 2.75) is 31.9 Å². The summed E-state index contributed by atoms with van der Waals surface area (Å²) >= 11 is 3.22. The highest BCUT2D eigenvalue weighted by atomic mass is 79.9. The van der Waals surface area contributed by atoms with Gasteiger partial charge in [-0.2, -0.15) is 0 Å². The van der Waals surface area contributed by atoms with Crippen LogP contribution in [0.15, 0.2) is 22.7 Å². The van der Waals surface area contributed by atoms with Crippen molar-refractivity contribution in [1.82, 2.24) is 10.6 Å². The number of carbonyl (C=O) groups is 1. The largest absolute Gasteiger partial charge is 0.480 e. The minimum atomic E-state index is -0.626. The standard InChI is InChI=1S/C14H18BrFN2O2/c1-9(14(19)18-11-3-2-6-17-8-11)20-13-5-4-10(16)7-12(13)15/h4-5,7,9,11,17H,2-3,6,8H2,1H3,(H,18,19). The van der Waals surface area contributed by atoms with E-state index in [2.05, 4.69) is 26.6 Å². The monoisotopic (exact) mass is 344 g/mol. The van der Waals surface area contributed by atoms with Crippen LogP contribution in [0.3, 0.4) is 0 Å². The number of hydrogen-bond acceptors (Lipinski definition) is 3. The van der Waals surface area contributed by atoms with Crippen molar-refractivity contribution in [3.8, 4) is 5.75 Å². The molecule has 4 nitrogen and oxygen atoms in total. The Morgan fingerprint density at radius 3 is 3.05 bits per heavy atom. The predicted molar refractivity (Wildman–Crippen MR) is 78.2 cm³/mol. The summed E-state index contributed by atoms with van der Waals surface area (Å²) in [5, 5.41) is 6.19. The fraction of sp³-hybridized carbons (Fsp3) is 0.500. The molecule has 1 aliphatic rings. The first-order valence-electron chi connectivity index (χ1n) is 6.69. The molecular formula is C14H18BrFN2O2. The molecule has 0 aromatic heterocycles. The van der Waals surface area contributed by atoms with Gasteiger partial charge < -0.3 is 15.4 Å². The molecular weight excluding hydrogens is 327 g/mol. The maximum Gasteiger partial charge on any atom is 0.261 e. The van der Waals surface area contributed by atoms with Crippen molar-refractivity contribution in [3.05, 3.63) is 28.5 Å². The lowest BCUT2D eigenvalue weighted by molar-refractivity contribution is -0.128. The Kier molecular flexibility index (Phi) is 5.37. The van der Waals surface area contributed by atoms with Crippen molar-refractivity contribution >= 4 is 21.8 Å². The van der Waals surface area contributed by atoms with Crippen LogP contribution in [0.2, 0.25) is 0 Å². The van der Waals surface area contributed by atoms with Gasteiger partial charge in [0.05, 0.1) is 4.47 Å². The molecule has 0 aliphatic carbocycles. The average molecular weight is 345 g/mol. The molecule has 0 saturated carbocycles. The highest BCUT2D eigenvalue weighted by Gasteiger charge is 2.21. The van der Waals surface area contributed by atoms with Crippen LogP contribution in [-0.2, 0) is 4.79 Å². The van der Waals surface area contributed by atoms with Crippen molar-refractivity contribution in [1.29, 1.82) is 0 Å². The maximum absolute atomic E-state index is 13.0. The van der Waals surface area contributed by atoms with Crippen LogP contribution in [0.1, 0.15) is 19.8 Å². The molecule has 6 heteroatoms. The Bertz CT molecular complexity index is 478. The zero-order valence-electron chi connectivity index (χ0n) is 11.3. The highest BCUT2D eigenvalue weighted by molar-refractivity contribution is 9.10. The second-order valence-electron chi connectivity index (χ2n) is 4.89. The van der Waals surface area contributed by atoms with Crippen molar-refractivity contribution in [2.24, 2.45) is 0 Å². The van der Waals surface area contributed by atoms with Gasteiger partial charge in [-0.15, -0.1) is 0 Å². The Hall–Kier alpha value is -1.14. The van der Waals surface area contributed by atoms with Gasteiger partial charge in [0, 0.05) is 12.6 Å². The molecule has 2 rings (SSSR count). The maximum atomic E-state index is 13.0. The number of carbonyl (C=O) groups excluding carboxylic acids is 1. The summed E-state index contributed by atoms with van der Waals surface area (Å²) in [6.45, 7) is 3.47. The van der Waals surface area contributed by atoms with Crippen molar-refractivity contribution < 1.29 is 13.9 Å². The second kappa shape index (κ2) is 7.04. The van der Waals surface area contributed by atoms with E-state index in [4.69, 9.17) is 4.74 Å². The van der Waals surface area contributed by atoms with Crippen LogP contribution in [0.4, 0.5) is 4.39 Å². The van der Waals surface area contributed by atoms with E-state index in [1.165, 1.54) is 18.2 Å². The summed E-state index contributed by atoms with van der Waals surface area (Å²) in [6.07, 6.45) is 1.41. The molecule has 1 heterocycles. The number of benzene rings is 1. The van der Waals surface area contributed by atoms with Gasteiger partial charge >= 0.3 is 0 Å². The fourth-order valence-corrected chi connectivity index (χ4v) is 2.55. The zero-order valence-corrected chi connectivity index (χ0v) is 12.9. The van der Waals surface area contributed by atoms with E-state index < -0.39 is 6.10 Å². The summed E-state index contributed by atoms with van der Waals surface area (Å²) in [5.74, 6) is -0.0552. The smallest absolute Gasteiger partial charge is 0.261 e. The van der Waals surface area contributed by atoms with Crippen LogP contribution in [0.5, 0.6) is 5.75 Å². The number of nitrogens with one attached hydrogen (secondary N) is 2. The summed E-state index contributed by atoms with van der Waals surface area (Å²) in [5.41, 5.74) is 0. The van der Waals surface area contributed by atoms with Gasteiger partial charge in [0.25, 0.3) is 5.91 Å². The minimum Gasteiger partial charge on any atom is -0.480 e. The third-order valence-electron chi connectivity index (χ3n) is 3.21. The molecule has 1 fully saturated rings. The topological polar surface area (TPSA) is 50.4 Å². The minimum absolute atomic E-state index is 0.152. The first kappa shape index (κ1) is 15.3. The molecule has 0 spiro atoms. The van der Waals surface area contributed by atoms with Gasteiger partial charge in [-0.1, -0.05) is 0 Å². The van der Waals surface area contributed by atoms with E-state index in [1.54, 1.807) is 6.92 Å². The van der Waals surface area contributed by atoms with Crippen LogP contribution >= 0.6 is 15.9 Å². The van der Waals surface area contributed by atoms with E-state index in [-0.39, 0.29) is 17.8 Å². The Labute approximate surface area is 126 Å². The second-order valence-corrected chi connectivity index (χ2v) is 5.74. The van der Waals surface area contributed by atoms with Crippen molar-refractivity contribution in [2.75, 3.05) is 13.1 Å². The summed E-state index contributed by atoms with van der Waals surface area (Å²) < 4.78 is 19.0. The summed E-state index contributed by atoms with van der Waals surface area (Å²) in [7, 11) is 0. The lowest BCUT2D eigenvalue weighted by Crippen LogP contribution is -2.49. The SMILES string of the molecule is CC(Oc1ccc(F)cc1Br)C(=O)NC1CCCNC1. The number of amides is 1. The Morgan fingerprint density at radius 2 is 2.40 bits per heavy atom. The van der Waals surface area contributed by atoms with Crippen LogP contribution < -0.4 is 15.4 Å². The van der Waals surface area contributed by atoms with Gasteiger partial charge in [-0.05, 0) is 60.4 Å². The Balaban J connectivity index is 1.89. The van der Waals surface area contributed by atoms with E-state index in [0.717, 1.165) is 25.9 Å². The molecule has 110 valence electrons. The van der Waals surface area contributed by atoms with Crippen LogP contribution in [-0.4, -0.2) is 31.1 Å². The normalized spacial score (nSPS) is 20.2. The predicted octanol–water partition coefficient (Wildman–Crippen LogP) is 2.22. The van der Waals surface area contributed by atoms with Crippen LogP contribution in [0.25, 0.3) is 0 Å². The molecule has 1 aromatic carbocycles. The number of halogens is 2. The first-order chi connectivity index (χ1) is 9.56. The molecule has 2 unspecified atom stereocenters. The molecule has 2 atom stereocenters. The van der Waals surface area contributed by atoms with Crippen LogP contribution in [0, 0.1) is 5.82 Å². The first-order valence-corrected chi connectivity index (χ1v) is 7.48. The lowest BCUT2D eigenvalue weighted by atomic mass is 10.1. The van der Waals surface area contributed by atoms with E-state index in [9.17, 15) is 9.18 Å². The molecule has 20 heavy (non-hydrogen) atoms. The van der Waals surface area contributed by atoms with E-state index >= 15 is 0 Å². The fourth-order valence-electron chi connectivity index (χ4n) is 2.11. The molecule has 0 radical (unpaired) electrons. The number of rotatable bonds is 4. The number of piperidine rings is 1. The lowest BCUT2D eigenvalue weighted by Gasteiger charge is -2.25. The Morgan fingerprint density at radius 1 is 1.60 bits per heavy atom. The summed E-state index contributed by atoms with van der Waals surface area (Å²) in [6, 6.07) is 4.27. The third kappa shape index (κ3) is 4.18. The average Bonchev–Trinajstić information content (AvgIpc) is 2.43. The van der Waals surface area contributed by atoms with Gasteiger partial charge in [-0.3, -0.25) is 4.79 Å². The highest BCUT2D eigenvalue weighted by Crippen LogP contribution is 2.26. The van der Waals surface area contributed by atoms with E-state index in [0.29, 0.717) is 10.2 Å². The van der Waals surface area contributed by atoms with Crippen molar-refractivity contribution in [3.63, 3.8) is 0 Å². The molecule has 2 N–H and O–H groups in total. The van der Waals surface area contributed by atoms with E-state index in [1.807, 2.05) is 0 Å². The molecule has 1 aliphatic heterocycles. The number of hydrogen-bond donors (Lipinski definition) is 2. The molecule has 1 aromatic rings. The molecule has 1 saturated heterocycles. The van der Waals surface area contributed by atoms with Gasteiger partial charge in [-0.25, -0.2) is 4.39 Å². The quantitative estimate of drug-likeness (QED) is 0.880. The van der Waals surface area contributed by atoms with Gasteiger partial charge in [0.15, 0.2) is 6.10 Å². The molecule has 1 amide bonds. The summed E-state index contributed by atoms with van der Waals surface area (Å²) in [4.78, 5) is 12.0. The zero-order chi connectivity index (χ0) is 14.5. The third-order valence-corrected chi connectivity index (χ3v) is 3.83.